The Morgan fingerprint density at radius 2 is 2.08 bits per heavy atom. The number of urea groups is 1. The summed E-state index contributed by atoms with van der Waals surface area (Å²) in [6.07, 6.45) is 2.48. The van der Waals surface area contributed by atoms with E-state index >= 15 is 0 Å². The smallest absolute Gasteiger partial charge is 0.326 e. The number of hydrogen-bond donors (Lipinski definition) is 1. The minimum Gasteiger partial charge on any atom is -0.453 e. The van der Waals surface area contributed by atoms with Crippen LogP contribution in [0.15, 0.2) is 21.2 Å². The van der Waals surface area contributed by atoms with Crippen molar-refractivity contribution in [2.75, 3.05) is 13.7 Å². The van der Waals surface area contributed by atoms with Crippen molar-refractivity contribution in [1.29, 1.82) is 0 Å². The molecule has 1 aromatic rings. The van der Waals surface area contributed by atoms with Gasteiger partial charge in [-0.1, -0.05) is 20.8 Å². The molecule has 1 aliphatic heterocycles. The molecule has 0 aromatic carbocycles. The van der Waals surface area contributed by atoms with Gasteiger partial charge in [-0.25, -0.2) is 9.69 Å². The largest absolute Gasteiger partial charge is 0.453 e. The lowest BCUT2D eigenvalue weighted by molar-refractivity contribution is -0.136. The van der Waals surface area contributed by atoms with Crippen molar-refractivity contribution >= 4 is 27.9 Å². The van der Waals surface area contributed by atoms with Crippen molar-refractivity contribution in [3.05, 3.63) is 22.6 Å². The third-order valence-electron chi connectivity index (χ3n) is 5.06. The van der Waals surface area contributed by atoms with E-state index in [9.17, 15) is 9.59 Å². The minimum atomic E-state index is -0.743. The van der Waals surface area contributed by atoms with Gasteiger partial charge in [-0.05, 0) is 65.7 Å². The molecule has 138 valence electrons. The average Bonchev–Trinajstić information content (AvgIpc) is 2.94. The lowest BCUT2D eigenvalue weighted by Gasteiger charge is -2.43. The van der Waals surface area contributed by atoms with Gasteiger partial charge in [0.15, 0.2) is 4.67 Å². The molecule has 0 radical (unpaired) electrons. The van der Waals surface area contributed by atoms with Gasteiger partial charge in [0.2, 0.25) is 0 Å². The fraction of sp³-hybridized carbons (Fsp3) is 0.667. The van der Waals surface area contributed by atoms with Gasteiger partial charge in [0.25, 0.3) is 5.91 Å². The minimum absolute atomic E-state index is 0.0446. The molecule has 1 saturated carbocycles. The Morgan fingerprint density at radius 1 is 1.36 bits per heavy atom. The molecular formula is C18H26BrN3O3. The molecule has 3 amide bonds. The standard InChI is InChI=1S/C18H26BrN3O3/c1-12-7-17(2,3)10-18(8-12)15(23)22(16(24)20-18)11-21(4)9-13-5-6-14(19)25-13/h5-6,12H,7-11H2,1-4H3,(H,20,24). The molecule has 0 bridgehead atoms. The van der Waals surface area contributed by atoms with Gasteiger partial charge in [0.05, 0.1) is 13.2 Å². The average molecular weight is 412 g/mol. The van der Waals surface area contributed by atoms with E-state index in [0.29, 0.717) is 30.0 Å². The first-order valence-electron chi connectivity index (χ1n) is 8.67. The van der Waals surface area contributed by atoms with Crippen molar-refractivity contribution in [2.45, 2.75) is 52.1 Å². The highest BCUT2D eigenvalue weighted by Gasteiger charge is 2.56. The van der Waals surface area contributed by atoms with Crippen molar-refractivity contribution in [3.8, 4) is 0 Å². The maximum Gasteiger partial charge on any atom is 0.326 e. The predicted molar refractivity (Wildman–Crippen MR) is 97.6 cm³/mol. The third-order valence-corrected chi connectivity index (χ3v) is 5.49. The van der Waals surface area contributed by atoms with Gasteiger partial charge in [-0.15, -0.1) is 0 Å². The molecule has 1 aliphatic carbocycles. The van der Waals surface area contributed by atoms with Gasteiger partial charge in [0.1, 0.15) is 11.3 Å². The maximum absolute atomic E-state index is 13.1. The number of carbonyl (C=O) groups is 2. The maximum atomic E-state index is 13.1. The van der Waals surface area contributed by atoms with Crippen LogP contribution >= 0.6 is 15.9 Å². The van der Waals surface area contributed by atoms with Crippen LogP contribution in [0, 0.1) is 11.3 Å². The fourth-order valence-corrected chi connectivity index (χ4v) is 4.97. The molecule has 6 nitrogen and oxygen atoms in total. The van der Waals surface area contributed by atoms with Crippen LogP contribution in [-0.4, -0.2) is 41.0 Å². The Kier molecular flexibility index (Phi) is 4.75. The lowest BCUT2D eigenvalue weighted by Crippen LogP contribution is -2.54. The summed E-state index contributed by atoms with van der Waals surface area (Å²) in [4.78, 5) is 28.8. The molecule has 1 N–H and O–H groups in total. The van der Waals surface area contributed by atoms with E-state index in [4.69, 9.17) is 4.42 Å². The number of carbonyl (C=O) groups excluding carboxylic acids is 2. The second-order valence-corrected chi connectivity index (χ2v) is 9.24. The number of amides is 3. The molecule has 1 aromatic heterocycles. The molecule has 7 heteroatoms. The monoisotopic (exact) mass is 411 g/mol. The number of imide groups is 1. The van der Waals surface area contributed by atoms with Crippen LogP contribution in [0.2, 0.25) is 0 Å². The zero-order valence-electron chi connectivity index (χ0n) is 15.3. The van der Waals surface area contributed by atoms with Crippen molar-refractivity contribution < 1.29 is 14.0 Å². The van der Waals surface area contributed by atoms with E-state index in [1.54, 1.807) is 0 Å². The normalized spacial score (nSPS) is 28.9. The van der Waals surface area contributed by atoms with E-state index in [-0.39, 0.29) is 24.0 Å². The number of rotatable bonds is 4. The number of furan rings is 1. The zero-order valence-corrected chi connectivity index (χ0v) is 16.9. The first-order chi connectivity index (χ1) is 11.6. The van der Waals surface area contributed by atoms with Crippen LogP contribution in [0.5, 0.6) is 0 Å². The van der Waals surface area contributed by atoms with Crippen LogP contribution in [-0.2, 0) is 11.3 Å². The third kappa shape index (κ3) is 3.77. The molecule has 3 rings (SSSR count). The molecule has 25 heavy (non-hydrogen) atoms. The van der Waals surface area contributed by atoms with E-state index in [1.165, 1.54) is 4.90 Å². The Hall–Kier alpha value is -1.34. The van der Waals surface area contributed by atoms with Crippen LogP contribution < -0.4 is 5.32 Å². The van der Waals surface area contributed by atoms with Crippen LogP contribution in [0.4, 0.5) is 4.79 Å². The molecule has 1 saturated heterocycles. The van der Waals surface area contributed by atoms with Crippen LogP contribution in [0.25, 0.3) is 0 Å². The van der Waals surface area contributed by atoms with Gasteiger partial charge in [-0.2, -0.15) is 0 Å². The number of halogens is 1. The second kappa shape index (κ2) is 6.43. The second-order valence-electron chi connectivity index (χ2n) is 8.46. The molecule has 2 fully saturated rings. The van der Waals surface area contributed by atoms with Gasteiger partial charge in [-0.3, -0.25) is 9.69 Å². The predicted octanol–water partition coefficient (Wildman–Crippen LogP) is 3.57. The summed E-state index contributed by atoms with van der Waals surface area (Å²) in [7, 11) is 1.87. The molecule has 1 spiro atoms. The zero-order chi connectivity index (χ0) is 18.4. The highest BCUT2D eigenvalue weighted by atomic mass is 79.9. The Labute approximate surface area is 157 Å². The van der Waals surface area contributed by atoms with Gasteiger partial charge < -0.3 is 9.73 Å². The highest BCUT2D eigenvalue weighted by molar-refractivity contribution is 9.10. The van der Waals surface area contributed by atoms with Crippen LogP contribution in [0.1, 0.15) is 45.8 Å². The number of nitrogens with one attached hydrogen (secondary N) is 1. The fourth-order valence-electron chi connectivity index (χ4n) is 4.63. The number of nitrogens with zero attached hydrogens (tertiary/aromatic N) is 2. The van der Waals surface area contributed by atoms with Crippen molar-refractivity contribution in [3.63, 3.8) is 0 Å². The molecule has 2 heterocycles. The Morgan fingerprint density at radius 3 is 2.68 bits per heavy atom. The summed E-state index contributed by atoms with van der Waals surface area (Å²) < 4.78 is 6.16. The van der Waals surface area contributed by atoms with Gasteiger partial charge >= 0.3 is 6.03 Å². The Balaban J connectivity index is 1.71. The van der Waals surface area contributed by atoms with Gasteiger partial charge in [0, 0.05) is 0 Å². The summed E-state index contributed by atoms with van der Waals surface area (Å²) >= 11 is 3.28. The Bertz CT molecular complexity index is 687. The van der Waals surface area contributed by atoms with Crippen molar-refractivity contribution in [2.24, 2.45) is 11.3 Å². The summed E-state index contributed by atoms with van der Waals surface area (Å²) in [5.41, 5.74) is -0.699. The molecule has 2 unspecified atom stereocenters. The summed E-state index contributed by atoms with van der Waals surface area (Å²) in [6, 6.07) is 3.42. The summed E-state index contributed by atoms with van der Waals surface area (Å²) in [5.74, 6) is 1.10. The SMILES string of the molecule is CC1CC(C)(C)CC2(C1)NC(=O)N(CN(C)Cc1ccc(Br)o1)C2=O. The first kappa shape index (κ1) is 18.5. The molecule has 2 aliphatic rings. The van der Waals surface area contributed by atoms with E-state index < -0.39 is 5.54 Å². The summed E-state index contributed by atoms with van der Waals surface area (Å²) in [5, 5.41) is 3.01. The number of hydrogen-bond acceptors (Lipinski definition) is 4. The lowest BCUT2D eigenvalue weighted by atomic mass is 9.64. The summed E-state index contributed by atoms with van der Waals surface area (Å²) in [6.45, 7) is 7.28. The molecular weight excluding hydrogens is 386 g/mol. The quantitative estimate of drug-likeness (QED) is 0.768. The van der Waals surface area contributed by atoms with Crippen molar-refractivity contribution in [1.82, 2.24) is 15.1 Å². The van der Waals surface area contributed by atoms with Crippen LogP contribution in [0.3, 0.4) is 0 Å². The highest BCUT2D eigenvalue weighted by Crippen LogP contribution is 2.46. The van der Waals surface area contributed by atoms with E-state index in [2.05, 4.69) is 42.0 Å². The topological polar surface area (TPSA) is 65.8 Å². The molecule has 2 atom stereocenters. The first-order valence-corrected chi connectivity index (χ1v) is 9.46. The van der Waals surface area contributed by atoms with E-state index in [1.807, 2.05) is 24.1 Å². The van der Waals surface area contributed by atoms with E-state index in [0.717, 1.165) is 12.2 Å².